The summed E-state index contributed by atoms with van der Waals surface area (Å²) in [5.74, 6) is -0.283. The molecule has 0 bridgehead atoms. The monoisotopic (exact) mass is 448 g/mol. The molecule has 5 atom stereocenters. The first-order valence-corrected chi connectivity index (χ1v) is 11.3. The Morgan fingerprint density at radius 3 is 2.42 bits per heavy atom. The summed E-state index contributed by atoms with van der Waals surface area (Å²) in [4.78, 5) is 10.6. The summed E-state index contributed by atoms with van der Waals surface area (Å²) in [7, 11) is 0. The maximum absolute atomic E-state index is 10.6. The summed E-state index contributed by atoms with van der Waals surface area (Å²) < 4.78 is 11.3. The fraction of sp³-hybridized carbons (Fsp3) is 0.435. The predicted molar refractivity (Wildman–Crippen MR) is 117 cm³/mol. The number of benzene rings is 2. The van der Waals surface area contributed by atoms with E-state index in [1.807, 2.05) is 49.4 Å². The second kappa shape index (κ2) is 10.5. The standard InChI is InChI=1S/C23H28O7S/c1-13-3-6-15(22-20(27)19(26)21(28)23(30-22)31-2)12-16(13)11-14-4-7-17(8-5-14)29-10-9-18(24)25/h3-8,12,19-23,26-28H,9-11H2,1-2H3,(H,24,25)/t19-,20-,21+,22+,23-/m1/s1. The average molecular weight is 449 g/mol. The van der Waals surface area contributed by atoms with Gasteiger partial charge in [0.25, 0.3) is 0 Å². The van der Waals surface area contributed by atoms with E-state index in [1.165, 1.54) is 11.8 Å². The van der Waals surface area contributed by atoms with E-state index in [9.17, 15) is 20.1 Å². The molecule has 1 heterocycles. The topological polar surface area (TPSA) is 116 Å². The van der Waals surface area contributed by atoms with Crippen molar-refractivity contribution in [1.82, 2.24) is 0 Å². The van der Waals surface area contributed by atoms with Crippen molar-refractivity contribution in [1.29, 1.82) is 0 Å². The van der Waals surface area contributed by atoms with Crippen molar-refractivity contribution in [2.45, 2.75) is 49.6 Å². The van der Waals surface area contributed by atoms with Gasteiger partial charge in [0.05, 0.1) is 13.0 Å². The van der Waals surface area contributed by atoms with Gasteiger partial charge in [0.2, 0.25) is 0 Å². The summed E-state index contributed by atoms with van der Waals surface area (Å²) >= 11 is 1.29. The molecule has 1 aliphatic rings. The van der Waals surface area contributed by atoms with Crippen LogP contribution in [0.15, 0.2) is 42.5 Å². The van der Waals surface area contributed by atoms with Crippen LogP contribution in [0.5, 0.6) is 5.75 Å². The molecule has 7 nitrogen and oxygen atoms in total. The number of carboxylic acid groups (broad SMARTS) is 1. The lowest BCUT2D eigenvalue weighted by Crippen LogP contribution is -2.52. The third kappa shape index (κ3) is 5.78. The minimum absolute atomic E-state index is 0.0497. The Morgan fingerprint density at radius 1 is 1.06 bits per heavy atom. The van der Waals surface area contributed by atoms with E-state index in [4.69, 9.17) is 14.6 Å². The summed E-state index contributed by atoms with van der Waals surface area (Å²) in [5.41, 5.74) is 3.30. The lowest BCUT2D eigenvalue weighted by Gasteiger charge is -2.40. The maximum atomic E-state index is 10.6. The molecule has 8 heteroatoms. The molecule has 2 aromatic rings. The second-order valence-electron chi connectivity index (χ2n) is 7.63. The largest absolute Gasteiger partial charge is 0.493 e. The number of aliphatic hydroxyl groups is 3. The number of aliphatic carboxylic acids is 1. The van der Waals surface area contributed by atoms with Crippen molar-refractivity contribution in [3.05, 3.63) is 64.7 Å². The normalized spacial score (nSPS) is 25.9. The number of aryl methyl sites for hydroxylation is 1. The molecule has 0 spiro atoms. The van der Waals surface area contributed by atoms with Crippen LogP contribution in [0, 0.1) is 6.92 Å². The quantitative estimate of drug-likeness (QED) is 0.486. The summed E-state index contributed by atoms with van der Waals surface area (Å²) in [6.07, 6.45) is -2.01. The Bertz CT molecular complexity index is 884. The van der Waals surface area contributed by atoms with Crippen LogP contribution in [0.3, 0.4) is 0 Å². The van der Waals surface area contributed by atoms with Crippen molar-refractivity contribution in [3.8, 4) is 5.75 Å². The Kier molecular flexibility index (Phi) is 7.96. The van der Waals surface area contributed by atoms with Crippen LogP contribution in [-0.4, -0.2) is 63.0 Å². The SMILES string of the molecule is CS[C@H]1O[C@@H](c2ccc(C)c(Cc3ccc(OCCC(=O)O)cc3)c2)[C@H](O)[C@@H](O)[C@@H]1O. The highest BCUT2D eigenvalue weighted by molar-refractivity contribution is 7.99. The second-order valence-corrected chi connectivity index (χ2v) is 8.57. The molecule has 0 amide bonds. The molecule has 0 unspecified atom stereocenters. The molecule has 1 fully saturated rings. The van der Waals surface area contributed by atoms with Crippen LogP contribution in [0.25, 0.3) is 0 Å². The van der Waals surface area contributed by atoms with Gasteiger partial charge in [-0.15, -0.1) is 11.8 Å². The molecule has 0 aliphatic carbocycles. The highest BCUT2D eigenvalue weighted by Gasteiger charge is 2.44. The van der Waals surface area contributed by atoms with Gasteiger partial charge in [-0.05, 0) is 54.0 Å². The van der Waals surface area contributed by atoms with Crippen molar-refractivity contribution >= 4 is 17.7 Å². The molecule has 3 rings (SSSR count). The van der Waals surface area contributed by atoms with Gasteiger partial charge in [0, 0.05) is 0 Å². The van der Waals surface area contributed by atoms with Gasteiger partial charge in [-0.1, -0.05) is 30.3 Å². The number of thioether (sulfide) groups is 1. The lowest BCUT2D eigenvalue weighted by molar-refractivity contribution is -0.200. The van der Waals surface area contributed by atoms with Crippen molar-refractivity contribution in [2.75, 3.05) is 12.9 Å². The smallest absolute Gasteiger partial charge is 0.306 e. The average Bonchev–Trinajstić information content (AvgIpc) is 2.75. The first kappa shape index (κ1) is 23.6. The van der Waals surface area contributed by atoms with E-state index in [0.29, 0.717) is 12.2 Å². The zero-order valence-electron chi connectivity index (χ0n) is 17.5. The Balaban J connectivity index is 1.73. The van der Waals surface area contributed by atoms with Crippen LogP contribution >= 0.6 is 11.8 Å². The molecule has 0 aromatic heterocycles. The van der Waals surface area contributed by atoms with Crippen molar-refractivity contribution in [3.63, 3.8) is 0 Å². The molecular weight excluding hydrogens is 420 g/mol. The van der Waals surface area contributed by atoms with E-state index < -0.39 is 35.8 Å². The predicted octanol–water partition coefficient (Wildman–Crippen LogP) is 2.28. The highest BCUT2D eigenvalue weighted by Crippen LogP contribution is 2.36. The first-order valence-electron chi connectivity index (χ1n) is 10.1. The summed E-state index contributed by atoms with van der Waals surface area (Å²) in [6.45, 7) is 2.13. The Hall–Kier alpha value is -2.10. The van der Waals surface area contributed by atoms with Gasteiger partial charge in [-0.3, -0.25) is 4.79 Å². The highest BCUT2D eigenvalue weighted by atomic mass is 32.2. The summed E-state index contributed by atoms with van der Waals surface area (Å²) in [5, 5.41) is 39.4. The van der Waals surface area contributed by atoms with E-state index in [2.05, 4.69) is 0 Å². The number of ether oxygens (including phenoxy) is 2. The number of hydrogen-bond acceptors (Lipinski definition) is 7. The van der Waals surface area contributed by atoms with Gasteiger partial charge in [0.1, 0.15) is 35.6 Å². The lowest BCUT2D eigenvalue weighted by atomic mass is 9.91. The minimum Gasteiger partial charge on any atom is -0.493 e. The zero-order chi connectivity index (χ0) is 22.5. The number of hydrogen-bond donors (Lipinski definition) is 4. The Morgan fingerprint density at radius 2 is 1.77 bits per heavy atom. The fourth-order valence-corrected chi connectivity index (χ4v) is 4.23. The molecule has 2 aromatic carbocycles. The molecule has 1 aliphatic heterocycles. The molecule has 168 valence electrons. The van der Waals surface area contributed by atoms with Crippen LogP contribution in [-0.2, 0) is 16.0 Å². The van der Waals surface area contributed by atoms with Gasteiger partial charge in [-0.2, -0.15) is 0 Å². The third-order valence-electron chi connectivity index (χ3n) is 5.41. The zero-order valence-corrected chi connectivity index (χ0v) is 18.3. The van der Waals surface area contributed by atoms with Gasteiger partial charge in [-0.25, -0.2) is 0 Å². The maximum Gasteiger partial charge on any atom is 0.306 e. The van der Waals surface area contributed by atoms with Crippen molar-refractivity contribution in [2.24, 2.45) is 0 Å². The van der Waals surface area contributed by atoms with E-state index in [-0.39, 0.29) is 13.0 Å². The van der Waals surface area contributed by atoms with Crippen LogP contribution in [0.4, 0.5) is 0 Å². The fourth-order valence-electron chi connectivity index (χ4n) is 3.56. The Labute approximate surface area is 185 Å². The third-order valence-corrected chi connectivity index (χ3v) is 6.26. The van der Waals surface area contributed by atoms with Gasteiger partial charge in [0.15, 0.2) is 0 Å². The molecule has 0 radical (unpaired) electrons. The number of rotatable bonds is 8. The van der Waals surface area contributed by atoms with Crippen LogP contribution in [0.1, 0.15) is 34.8 Å². The first-order chi connectivity index (χ1) is 14.8. The minimum atomic E-state index is -1.28. The number of aliphatic hydroxyl groups excluding tert-OH is 3. The van der Waals surface area contributed by atoms with E-state index in [1.54, 1.807) is 6.26 Å². The number of carbonyl (C=O) groups is 1. The van der Waals surface area contributed by atoms with Crippen molar-refractivity contribution < 1.29 is 34.7 Å². The van der Waals surface area contributed by atoms with Gasteiger partial charge >= 0.3 is 5.97 Å². The van der Waals surface area contributed by atoms with E-state index in [0.717, 1.165) is 22.3 Å². The molecule has 0 saturated carbocycles. The molecule has 31 heavy (non-hydrogen) atoms. The molecule has 4 N–H and O–H groups in total. The molecular formula is C23H28O7S. The van der Waals surface area contributed by atoms with E-state index >= 15 is 0 Å². The summed E-state index contributed by atoms with van der Waals surface area (Å²) in [6, 6.07) is 13.3. The number of carboxylic acids is 1. The van der Waals surface area contributed by atoms with Crippen LogP contribution < -0.4 is 4.74 Å². The van der Waals surface area contributed by atoms with Gasteiger partial charge < -0.3 is 29.9 Å². The van der Waals surface area contributed by atoms with Crippen LogP contribution in [0.2, 0.25) is 0 Å². The molecule has 1 saturated heterocycles.